The Bertz CT molecular complexity index is 1020. The van der Waals surface area contributed by atoms with Gasteiger partial charge in [-0.05, 0) is 35.0 Å². The summed E-state index contributed by atoms with van der Waals surface area (Å²) in [6.45, 7) is 0. The lowest BCUT2D eigenvalue weighted by Crippen LogP contribution is -1.79. The minimum Gasteiger partial charge on any atom is -0.507 e. The Morgan fingerprint density at radius 2 is 1.22 bits per heavy atom. The van der Waals surface area contributed by atoms with Crippen LogP contribution in [-0.4, -0.2) is 5.11 Å². The van der Waals surface area contributed by atoms with Crippen LogP contribution in [0.3, 0.4) is 0 Å². The van der Waals surface area contributed by atoms with Crippen molar-refractivity contribution in [2.75, 3.05) is 0 Å². The molecule has 0 saturated carbocycles. The molecule has 0 spiro atoms. The van der Waals surface area contributed by atoms with Crippen LogP contribution in [-0.2, 0) is 0 Å². The Kier molecular flexibility index (Phi) is 3.24. The Hall–Kier alpha value is -3.20. The summed E-state index contributed by atoms with van der Waals surface area (Å²) in [6.07, 6.45) is 0. The van der Waals surface area contributed by atoms with E-state index < -0.39 is 0 Å². The van der Waals surface area contributed by atoms with Gasteiger partial charge >= 0.3 is 0 Å². The van der Waals surface area contributed by atoms with Crippen molar-refractivity contribution in [1.82, 2.24) is 0 Å². The molecule has 1 N–H and O–H groups in total. The molecule has 4 rings (SSSR count). The first-order valence-electron chi connectivity index (χ1n) is 7.43. The maximum Gasteiger partial charge on any atom is 0.124 e. The quantitative estimate of drug-likeness (QED) is 0.352. The molecule has 0 saturated heterocycles. The predicted octanol–water partition coefficient (Wildman–Crippen LogP) is 6.11. The lowest BCUT2D eigenvalue weighted by Gasteiger charge is -2.07. The molecule has 0 aliphatic rings. The van der Waals surface area contributed by atoms with Crippen LogP contribution < -0.4 is 0 Å². The second-order valence-electron chi connectivity index (χ2n) is 5.35. The first-order chi connectivity index (χ1) is 11.3. The Labute approximate surface area is 133 Å². The SMILES string of the molecule is Oc1cc2c(N=Nc3ccccc3)cccc2c2ccccc12. The van der Waals surface area contributed by atoms with Crippen LogP contribution in [0.5, 0.6) is 5.75 Å². The van der Waals surface area contributed by atoms with E-state index >= 15 is 0 Å². The molecule has 0 amide bonds. The van der Waals surface area contributed by atoms with Gasteiger partial charge in [0.25, 0.3) is 0 Å². The van der Waals surface area contributed by atoms with Gasteiger partial charge in [-0.25, -0.2) is 0 Å². The molecular weight excluding hydrogens is 284 g/mol. The van der Waals surface area contributed by atoms with Gasteiger partial charge in [-0.2, -0.15) is 5.11 Å². The zero-order valence-electron chi connectivity index (χ0n) is 12.3. The van der Waals surface area contributed by atoms with Gasteiger partial charge in [-0.3, -0.25) is 0 Å². The number of hydrogen-bond acceptors (Lipinski definition) is 3. The van der Waals surface area contributed by atoms with Gasteiger partial charge in [0.1, 0.15) is 5.75 Å². The molecule has 0 fully saturated rings. The van der Waals surface area contributed by atoms with Crippen molar-refractivity contribution in [3.05, 3.63) is 78.9 Å². The lowest BCUT2D eigenvalue weighted by molar-refractivity contribution is 0.482. The topological polar surface area (TPSA) is 45.0 Å². The van der Waals surface area contributed by atoms with E-state index in [1.54, 1.807) is 6.07 Å². The third-order valence-corrected chi connectivity index (χ3v) is 3.89. The highest BCUT2D eigenvalue weighted by atomic mass is 16.3. The predicted molar refractivity (Wildman–Crippen MR) is 93.7 cm³/mol. The standard InChI is InChI=1S/C20H14N2O/c23-20-13-18-16(15-9-4-5-10-17(15)20)11-6-12-19(18)22-21-14-7-2-1-3-8-14/h1-13,23H. The molecule has 0 aromatic heterocycles. The highest BCUT2D eigenvalue weighted by Gasteiger charge is 2.08. The molecule has 4 aromatic rings. The average molecular weight is 298 g/mol. The number of rotatable bonds is 2. The van der Waals surface area contributed by atoms with Crippen LogP contribution in [0.2, 0.25) is 0 Å². The van der Waals surface area contributed by atoms with Gasteiger partial charge in [0.05, 0.1) is 11.4 Å². The first-order valence-corrected chi connectivity index (χ1v) is 7.43. The van der Waals surface area contributed by atoms with Crippen LogP contribution in [0.4, 0.5) is 11.4 Å². The van der Waals surface area contributed by atoms with Crippen molar-refractivity contribution in [3.63, 3.8) is 0 Å². The molecule has 0 aliphatic carbocycles. The second-order valence-corrected chi connectivity index (χ2v) is 5.35. The van der Waals surface area contributed by atoms with Crippen molar-refractivity contribution < 1.29 is 5.11 Å². The highest BCUT2D eigenvalue weighted by Crippen LogP contribution is 2.37. The molecule has 23 heavy (non-hydrogen) atoms. The van der Waals surface area contributed by atoms with E-state index in [4.69, 9.17) is 0 Å². The summed E-state index contributed by atoms with van der Waals surface area (Å²) in [6, 6.07) is 25.1. The lowest BCUT2D eigenvalue weighted by atomic mass is 10.0. The highest BCUT2D eigenvalue weighted by molar-refractivity contribution is 6.13. The minimum atomic E-state index is 0.260. The number of nitrogens with zero attached hydrogens (tertiary/aromatic N) is 2. The second kappa shape index (κ2) is 5.54. The van der Waals surface area contributed by atoms with Gasteiger partial charge < -0.3 is 5.11 Å². The Morgan fingerprint density at radius 3 is 2.04 bits per heavy atom. The number of phenols is 1. The number of phenolic OH excluding ortho intramolecular Hbond substituents is 1. The summed E-state index contributed by atoms with van der Waals surface area (Å²) in [5.41, 5.74) is 1.54. The van der Waals surface area contributed by atoms with Crippen LogP contribution in [0.25, 0.3) is 21.5 Å². The van der Waals surface area contributed by atoms with Crippen molar-refractivity contribution in [3.8, 4) is 5.75 Å². The monoisotopic (exact) mass is 298 g/mol. The van der Waals surface area contributed by atoms with E-state index in [-0.39, 0.29) is 5.75 Å². The van der Waals surface area contributed by atoms with Crippen molar-refractivity contribution >= 4 is 32.9 Å². The summed E-state index contributed by atoms with van der Waals surface area (Å²) in [4.78, 5) is 0. The maximum absolute atomic E-state index is 10.3. The molecule has 4 aromatic carbocycles. The van der Waals surface area contributed by atoms with Gasteiger partial charge in [-0.1, -0.05) is 54.6 Å². The molecular formula is C20H14N2O. The van der Waals surface area contributed by atoms with E-state index in [2.05, 4.69) is 10.2 Å². The van der Waals surface area contributed by atoms with Crippen molar-refractivity contribution in [2.45, 2.75) is 0 Å². The largest absolute Gasteiger partial charge is 0.507 e. The van der Waals surface area contributed by atoms with Crippen molar-refractivity contribution in [1.29, 1.82) is 0 Å². The number of benzene rings is 4. The average Bonchev–Trinajstić information content (AvgIpc) is 2.61. The number of aromatic hydroxyl groups is 1. The number of fused-ring (bicyclic) bond motifs is 3. The van der Waals surface area contributed by atoms with Crippen LogP contribution in [0.15, 0.2) is 89.1 Å². The third-order valence-electron chi connectivity index (χ3n) is 3.89. The molecule has 0 radical (unpaired) electrons. The van der Waals surface area contributed by atoms with E-state index in [1.165, 1.54) is 0 Å². The van der Waals surface area contributed by atoms with E-state index in [1.807, 2.05) is 72.8 Å². The van der Waals surface area contributed by atoms with E-state index in [9.17, 15) is 5.11 Å². The van der Waals surface area contributed by atoms with Crippen molar-refractivity contribution in [2.24, 2.45) is 10.2 Å². The first kappa shape index (κ1) is 13.5. The van der Waals surface area contributed by atoms with Crippen LogP contribution in [0.1, 0.15) is 0 Å². The van der Waals surface area contributed by atoms with Gasteiger partial charge in [0.15, 0.2) is 0 Å². The smallest absolute Gasteiger partial charge is 0.124 e. The maximum atomic E-state index is 10.3. The fourth-order valence-corrected chi connectivity index (χ4v) is 2.79. The Morgan fingerprint density at radius 1 is 0.565 bits per heavy atom. The summed E-state index contributed by atoms with van der Waals surface area (Å²) in [7, 11) is 0. The minimum absolute atomic E-state index is 0.260. The summed E-state index contributed by atoms with van der Waals surface area (Å²) in [5.74, 6) is 0.260. The van der Waals surface area contributed by atoms with Gasteiger partial charge in [0.2, 0.25) is 0 Å². The third kappa shape index (κ3) is 2.42. The normalized spacial score (nSPS) is 11.5. The molecule has 0 atom stereocenters. The number of hydrogen-bond donors (Lipinski definition) is 1. The van der Waals surface area contributed by atoms with E-state index in [0.29, 0.717) is 0 Å². The molecule has 0 bridgehead atoms. The molecule has 0 unspecified atom stereocenters. The molecule has 3 heteroatoms. The summed E-state index contributed by atoms with van der Waals surface area (Å²) in [5, 5.41) is 22.8. The van der Waals surface area contributed by atoms with Gasteiger partial charge in [0, 0.05) is 10.8 Å². The summed E-state index contributed by atoms with van der Waals surface area (Å²) >= 11 is 0. The van der Waals surface area contributed by atoms with Crippen LogP contribution >= 0.6 is 0 Å². The zero-order valence-corrected chi connectivity index (χ0v) is 12.3. The molecule has 0 aliphatic heterocycles. The molecule has 0 heterocycles. The van der Waals surface area contributed by atoms with Crippen LogP contribution in [0, 0.1) is 0 Å². The Balaban J connectivity index is 1.93. The fraction of sp³-hybridized carbons (Fsp3) is 0. The summed E-state index contributed by atoms with van der Waals surface area (Å²) < 4.78 is 0. The molecule has 110 valence electrons. The zero-order chi connectivity index (χ0) is 15.6. The number of azo groups is 1. The van der Waals surface area contributed by atoms with Gasteiger partial charge in [-0.15, -0.1) is 5.11 Å². The fourth-order valence-electron chi connectivity index (χ4n) is 2.79. The molecule has 3 nitrogen and oxygen atoms in total. The van der Waals surface area contributed by atoms with E-state index in [0.717, 1.165) is 32.9 Å².